The van der Waals surface area contributed by atoms with Crippen molar-refractivity contribution < 1.29 is 31.9 Å². The van der Waals surface area contributed by atoms with Crippen LogP contribution in [-0.2, 0) is 26.2 Å². The number of methoxy groups -OCH3 is 2. The molecule has 11 heteroatoms. The SMILES string of the molecule is CCC(C)NC(=O)C(CC)N(Cc1ccc(F)cc1)C(=O)CN(c1cc(OC)ccc1OC)S(C)(=O)=O. The topological polar surface area (TPSA) is 105 Å². The third-order valence-corrected chi connectivity index (χ3v) is 7.11. The molecule has 2 amide bonds. The van der Waals surface area contributed by atoms with E-state index in [0.717, 1.165) is 10.6 Å². The highest BCUT2D eigenvalue weighted by Crippen LogP contribution is 2.34. The first-order chi connectivity index (χ1) is 17.4. The molecule has 0 aliphatic carbocycles. The minimum atomic E-state index is -3.96. The number of sulfonamides is 1. The van der Waals surface area contributed by atoms with E-state index >= 15 is 0 Å². The molecule has 0 radical (unpaired) electrons. The number of hydrogen-bond acceptors (Lipinski definition) is 6. The fraction of sp³-hybridized carbons (Fsp3) is 0.462. The number of hydrogen-bond donors (Lipinski definition) is 1. The van der Waals surface area contributed by atoms with E-state index in [9.17, 15) is 22.4 Å². The Morgan fingerprint density at radius 1 is 1.03 bits per heavy atom. The van der Waals surface area contributed by atoms with Crippen LogP contribution in [0.4, 0.5) is 10.1 Å². The number of nitrogens with zero attached hydrogens (tertiary/aromatic N) is 2. The maximum absolute atomic E-state index is 13.8. The molecule has 0 spiro atoms. The van der Waals surface area contributed by atoms with Crippen molar-refractivity contribution in [3.63, 3.8) is 0 Å². The van der Waals surface area contributed by atoms with E-state index in [-0.39, 0.29) is 36.4 Å². The fourth-order valence-corrected chi connectivity index (χ4v) is 4.58. The molecule has 2 atom stereocenters. The normalized spacial score (nSPS) is 12.8. The lowest BCUT2D eigenvalue weighted by atomic mass is 10.1. The average molecular weight is 538 g/mol. The molecule has 2 aromatic rings. The van der Waals surface area contributed by atoms with Crippen LogP contribution in [0.25, 0.3) is 0 Å². The zero-order valence-corrected chi connectivity index (χ0v) is 23.0. The van der Waals surface area contributed by atoms with Gasteiger partial charge in [0.05, 0.1) is 26.2 Å². The number of amides is 2. The third kappa shape index (κ3) is 8.08. The van der Waals surface area contributed by atoms with Crippen molar-refractivity contribution in [1.29, 1.82) is 0 Å². The van der Waals surface area contributed by atoms with Gasteiger partial charge in [-0.05, 0) is 49.6 Å². The summed E-state index contributed by atoms with van der Waals surface area (Å²) in [5.74, 6) is -0.787. The van der Waals surface area contributed by atoms with Crippen LogP contribution in [0.15, 0.2) is 42.5 Å². The lowest BCUT2D eigenvalue weighted by molar-refractivity contribution is -0.140. The number of anilines is 1. The molecule has 2 unspecified atom stereocenters. The zero-order valence-electron chi connectivity index (χ0n) is 22.2. The molecule has 9 nitrogen and oxygen atoms in total. The van der Waals surface area contributed by atoms with Gasteiger partial charge < -0.3 is 19.7 Å². The number of benzene rings is 2. The molecule has 0 fully saturated rings. The van der Waals surface area contributed by atoms with Gasteiger partial charge in [0.2, 0.25) is 21.8 Å². The number of nitrogens with one attached hydrogen (secondary N) is 1. The molecule has 204 valence electrons. The molecular formula is C26H36FN3O6S. The Hall–Kier alpha value is -3.34. The quantitative estimate of drug-likeness (QED) is 0.420. The first kappa shape index (κ1) is 29.9. The van der Waals surface area contributed by atoms with Gasteiger partial charge in [0.25, 0.3) is 0 Å². The van der Waals surface area contributed by atoms with Gasteiger partial charge in [0.15, 0.2) is 0 Å². The predicted octanol–water partition coefficient (Wildman–Crippen LogP) is 3.33. The summed E-state index contributed by atoms with van der Waals surface area (Å²) >= 11 is 0. The average Bonchev–Trinajstić information content (AvgIpc) is 2.86. The summed E-state index contributed by atoms with van der Waals surface area (Å²) in [7, 11) is -1.13. The van der Waals surface area contributed by atoms with Gasteiger partial charge in [0.1, 0.15) is 29.9 Å². The fourth-order valence-electron chi connectivity index (χ4n) is 3.73. The van der Waals surface area contributed by atoms with E-state index in [1.807, 2.05) is 13.8 Å². The molecular weight excluding hydrogens is 501 g/mol. The molecule has 0 bridgehead atoms. The van der Waals surface area contributed by atoms with Crippen LogP contribution in [0.3, 0.4) is 0 Å². The summed E-state index contributed by atoms with van der Waals surface area (Å²) in [6.45, 7) is 4.95. The number of halogens is 1. The number of rotatable bonds is 13. The second-order valence-corrected chi connectivity index (χ2v) is 10.6. The maximum Gasteiger partial charge on any atom is 0.244 e. The van der Waals surface area contributed by atoms with Gasteiger partial charge in [-0.2, -0.15) is 0 Å². The summed E-state index contributed by atoms with van der Waals surface area (Å²) in [5, 5.41) is 2.90. The largest absolute Gasteiger partial charge is 0.497 e. The van der Waals surface area contributed by atoms with E-state index in [4.69, 9.17) is 9.47 Å². The summed E-state index contributed by atoms with van der Waals surface area (Å²) in [6.07, 6.45) is 1.97. The van der Waals surface area contributed by atoms with E-state index in [0.29, 0.717) is 17.7 Å². The van der Waals surface area contributed by atoms with Crippen LogP contribution in [0, 0.1) is 5.82 Å². The van der Waals surface area contributed by atoms with Crippen LogP contribution in [0.1, 0.15) is 39.2 Å². The summed E-state index contributed by atoms with van der Waals surface area (Å²) in [5.41, 5.74) is 0.714. The number of carbonyl (C=O) groups is 2. The van der Waals surface area contributed by atoms with Gasteiger partial charge in [-0.25, -0.2) is 12.8 Å². The second-order valence-electron chi connectivity index (χ2n) is 8.70. The molecule has 0 heterocycles. The highest BCUT2D eigenvalue weighted by atomic mass is 32.2. The Morgan fingerprint density at radius 2 is 1.68 bits per heavy atom. The molecule has 2 rings (SSSR count). The molecule has 0 aromatic heterocycles. The first-order valence-corrected chi connectivity index (χ1v) is 13.8. The van der Waals surface area contributed by atoms with E-state index in [2.05, 4.69) is 5.32 Å². The van der Waals surface area contributed by atoms with Crippen molar-refractivity contribution >= 4 is 27.5 Å². The smallest absolute Gasteiger partial charge is 0.244 e. The Balaban J connectivity index is 2.52. The van der Waals surface area contributed by atoms with Crippen LogP contribution >= 0.6 is 0 Å². The van der Waals surface area contributed by atoms with Crippen molar-refractivity contribution in [3.05, 3.63) is 53.8 Å². The van der Waals surface area contributed by atoms with Crippen molar-refractivity contribution in [2.24, 2.45) is 0 Å². The van der Waals surface area contributed by atoms with Crippen LogP contribution in [-0.4, -0.2) is 64.2 Å². The van der Waals surface area contributed by atoms with Gasteiger partial charge in [0, 0.05) is 18.7 Å². The number of carbonyl (C=O) groups excluding carboxylic acids is 2. The predicted molar refractivity (Wildman–Crippen MR) is 141 cm³/mol. The summed E-state index contributed by atoms with van der Waals surface area (Å²) in [4.78, 5) is 28.2. The minimum absolute atomic E-state index is 0.0155. The summed E-state index contributed by atoms with van der Waals surface area (Å²) < 4.78 is 50.7. The highest BCUT2D eigenvalue weighted by Gasteiger charge is 2.33. The van der Waals surface area contributed by atoms with Crippen molar-refractivity contribution in [3.8, 4) is 11.5 Å². The lowest BCUT2D eigenvalue weighted by Crippen LogP contribution is -2.53. The molecule has 0 saturated carbocycles. The Morgan fingerprint density at radius 3 is 2.19 bits per heavy atom. The zero-order chi connectivity index (χ0) is 27.8. The van der Waals surface area contributed by atoms with Gasteiger partial charge in [-0.1, -0.05) is 26.0 Å². The lowest BCUT2D eigenvalue weighted by Gasteiger charge is -2.33. The Labute approximate surface area is 218 Å². The van der Waals surface area contributed by atoms with Crippen LogP contribution in [0.5, 0.6) is 11.5 Å². The van der Waals surface area contributed by atoms with Crippen molar-refractivity contribution in [2.45, 2.75) is 52.2 Å². The molecule has 0 aliphatic heterocycles. The molecule has 0 aliphatic rings. The van der Waals surface area contributed by atoms with Crippen molar-refractivity contribution in [2.75, 3.05) is 31.3 Å². The summed E-state index contributed by atoms with van der Waals surface area (Å²) in [6, 6.07) is 9.20. The highest BCUT2D eigenvalue weighted by molar-refractivity contribution is 7.92. The van der Waals surface area contributed by atoms with Gasteiger partial charge >= 0.3 is 0 Å². The van der Waals surface area contributed by atoms with Gasteiger partial charge in [-0.15, -0.1) is 0 Å². The molecule has 2 aromatic carbocycles. The Bertz CT molecular complexity index is 1170. The molecule has 1 N–H and O–H groups in total. The van der Waals surface area contributed by atoms with E-state index < -0.39 is 34.3 Å². The van der Waals surface area contributed by atoms with Crippen LogP contribution in [0.2, 0.25) is 0 Å². The van der Waals surface area contributed by atoms with E-state index in [1.165, 1.54) is 49.5 Å². The monoisotopic (exact) mass is 537 g/mol. The first-order valence-electron chi connectivity index (χ1n) is 12.0. The second kappa shape index (κ2) is 13.3. The minimum Gasteiger partial charge on any atom is -0.497 e. The third-order valence-electron chi connectivity index (χ3n) is 5.99. The molecule has 0 saturated heterocycles. The maximum atomic E-state index is 13.8. The van der Waals surface area contributed by atoms with E-state index in [1.54, 1.807) is 19.1 Å². The van der Waals surface area contributed by atoms with Crippen molar-refractivity contribution in [1.82, 2.24) is 10.2 Å². The van der Waals surface area contributed by atoms with Gasteiger partial charge in [-0.3, -0.25) is 13.9 Å². The standard InChI is InChI=1S/C26H36FN3O6S/c1-7-18(3)28-26(32)22(8-2)29(16-19-9-11-20(27)12-10-19)25(31)17-30(37(6,33)34)23-15-21(35-4)13-14-24(23)36-5/h9-15,18,22H,7-8,16-17H2,1-6H3,(H,28,32). The number of ether oxygens (including phenoxy) is 2. The molecule has 37 heavy (non-hydrogen) atoms. The Kier molecular flexibility index (Phi) is 10.7. The van der Waals surface area contributed by atoms with Crippen LogP contribution < -0.4 is 19.1 Å².